The van der Waals surface area contributed by atoms with Crippen molar-refractivity contribution >= 4 is 39.3 Å². The summed E-state index contributed by atoms with van der Waals surface area (Å²) in [6.07, 6.45) is 1.93. The van der Waals surface area contributed by atoms with Gasteiger partial charge in [-0.25, -0.2) is 4.99 Å². The van der Waals surface area contributed by atoms with Gasteiger partial charge in [-0.1, -0.05) is 24.3 Å². The highest BCUT2D eigenvalue weighted by Gasteiger charge is 2.19. The van der Waals surface area contributed by atoms with Crippen LogP contribution in [0.5, 0.6) is 5.75 Å². The van der Waals surface area contributed by atoms with Crippen molar-refractivity contribution in [3.05, 3.63) is 103 Å². The van der Waals surface area contributed by atoms with Gasteiger partial charge in [0, 0.05) is 44.0 Å². The van der Waals surface area contributed by atoms with Gasteiger partial charge in [0.25, 0.3) is 0 Å². The Morgan fingerprint density at radius 3 is 2.24 bits per heavy atom. The van der Waals surface area contributed by atoms with Crippen molar-refractivity contribution in [1.82, 2.24) is 0 Å². The van der Waals surface area contributed by atoms with Gasteiger partial charge in [0.1, 0.15) is 5.75 Å². The number of pyridine rings is 1. The molecule has 162 valence electrons. The number of ether oxygens (including phenoxy) is 1. The summed E-state index contributed by atoms with van der Waals surface area (Å²) in [7, 11) is 5.76. The summed E-state index contributed by atoms with van der Waals surface area (Å²) < 4.78 is 7.62. The molecule has 0 spiro atoms. The smallest absolute Gasteiger partial charge is 0.230 e. The second-order valence-corrected chi connectivity index (χ2v) is 8.18. The molecule has 0 unspecified atom stereocenters. The number of anilines is 1. The van der Waals surface area contributed by atoms with Crippen LogP contribution in [0.2, 0.25) is 0 Å². The fourth-order valence-electron chi connectivity index (χ4n) is 4.13. The first-order valence-corrected chi connectivity index (χ1v) is 11.0. The van der Waals surface area contributed by atoms with E-state index in [1.165, 1.54) is 16.2 Å². The van der Waals surface area contributed by atoms with Crippen LogP contribution >= 0.6 is 0 Å². The highest BCUT2D eigenvalue weighted by Crippen LogP contribution is 2.25. The summed E-state index contributed by atoms with van der Waals surface area (Å²) in [6, 6.07) is 33.6. The highest BCUT2D eigenvalue weighted by molar-refractivity contribution is 6.05. The number of benzene rings is 4. The van der Waals surface area contributed by atoms with Gasteiger partial charge in [0.15, 0.2) is 0 Å². The zero-order valence-corrected chi connectivity index (χ0v) is 19.1. The molecule has 1 heterocycles. The van der Waals surface area contributed by atoms with E-state index in [0.29, 0.717) is 0 Å². The normalized spacial score (nSPS) is 11.4. The summed E-state index contributed by atoms with van der Waals surface area (Å²) in [5.41, 5.74) is 5.26. The number of rotatable bonds is 5. The van der Waals surface area contributed by atoms with Crippen LogP contribution in [-0.2, 0) is 0 Å². The summed E-state index contributed by atoms with van der Waals surface area (Å²) >= 11 is 0. The Morgan fingerprint density at radius 1 is 0.758 bits per heavy atom. The summed E-state index contributed by atoms with van der Waals surface area (Å²) in [4.78, 5) is 6.86. The monoisotopic (exact) mass is 432 g/mol. The van der Waals surface area contributed by atoms with Crippen LogP contribution in [0, 0.1) is 0 Å². The van der Waals surface area contributed by atoms with Gasteiger partial charge in [-0.05, 0) is 59.3 Å². The number of nitrogens with zero attached hydrogens (tertiary/aromatic N) is 3. The van der Waals surface area contributed by atoms with E-state index in [0.717, 1.165) is 34.0 Å². The molecule has 0 saturated carbocycles. The minimum absolute atomic E-state index is 0.834. The standard InChI is InChI=1S/C29H26N3O/c1-31(2)23-11-9-22(10-12-23)30-20-25-15-18-28-27-7-5-4-6-21(27)8-19-29(28)32(25)24-13-16-26(33-3)17-14-24/h4-20H,1-3H3/q+1. The van der Waals surface area contributed by atoms with E-state index in [-0.39, 0.29) is 0 Å². The first-order valence-electron chi connectivity index (χ1n) is 11.0. The Balaban J connectivity index is 1.67. The Morgan fingerprint density at radius 2 is 1.52 bits per heavy atom. The summed E-state index contributed by atoms with van der Waals surface area (Å²) in [5.74, 6) is 0.834. The molecule has 0 atom stereocenters. The Hall–Kier alpha value is -4.18. The lowest BCUT2D eigenvalue weighted by atomic mass is 10.0. The van der Waals surface area contributed by atoms with E-state index in [1.807, 2.05) is 44.6 Å². The molecule has 0 bridgehead atoms. The highest BCUT2D eigenvalue weighted by atomic mass is 16.5. The number of aliphatic imine (C=N–C) groups is 1. The quantitative estimate of drug-likeness (QED) is 0.191. The minimum atomic E-state index is 0.834. The third kappa shape index (κ3) is 4.03. The zero-order valence-electron chi connectivity index (χ0n) is 19.1. The van der Waals surface area contributed by atoms with Gasteiger partial charge in [-0.2, -0.15) is 4.57 Å². The first-order chi connectivity index (χ1) is 16.1. The lowest BCUT2D eigenvalue weighted by molar-refractivity contribution is -0.568. The summed E-state index contributed by atoms with van der Waals surface area (Å²) in [5, 5.41) is 3.67. The van der Waals surface area contributed by atoms with Crippen molar-refractivity contribution in [1.29, 1.82) is 0 Å². The molecule has 4 nitrogen and oxygen atoms in total. The van der Waals surface area contributed by atoms with Crippen LogP contribution in [0.4, 0.5) is 11.4 Å². The van der Waals surface area contributed by atoms with Crippen LogP contribution in [-0.4, -0.2) is 27.4 Å². The van der Waals surface area contributed by atoms with Crippen LogP contribution in [0.15, 0.2) is 102 Å². The van der Waals surface area contributed by atoms with E-state index in [4.69, 9.17) is 9.73 Å². The van der Waals surface area contributed by atoms with Gasteiger partial charge < -0.3 is 9.64 Å². The minimum Gasteiger partial charge on any atom is -0.497 e. The molecule has 33 heavy (non-hydrogen) atoms. The molecule has 5 rings (SSSR count). The molecule has 1 aromatic heterocycles. The zero-order chi connectivity index (χ0) is 22.8. The van der Waals surface area contributed by atoms with Crippen LogP contribution in [0.1, 0.15) is 5.69 Å². The van der Waals surface area contributed by atoms with Gasteiger partial charge in [-0.3, -0.25) is 0 Å². The van der Waals surface area contributed by atoms with Gasteiger partial charge in [0.05, 0.1) is 24.4 Å². The maximum Gasteiger partial charge on any atom is 0.230 e. The summed E-state index contributed by atoms with van der Waals surface area (Å²) in [6.45, 7) is 0. The molecule has 0 saturated heterocycles. The number of fused-ring (bicyclic) bond motifs is 3. The molecular weight excluding hydrogens is 406 g/mol. The number of hydrogen-bond acceptors (Lipinski definition) is 3. The first kappa shape index (κ1) is 20.7. The molecule has 0 amide bonds. The average molecular weight is 433 g/mol. The SMILES string of the molecule is COc1ccc(-[n+]2c(C=Nc3ccc(N(C)C)cc3)ccc3c4ccccc4ccc32)cc1. The topological polar surface area (TPSA) is 28.7 Å². The molecule has 0 N–H and O–H groups in total. The Labute approximate surface area is 194 Å². The van der Waals surface area contributed by atoms with E-state index >= 15 is 0 Å². The van der Waals surface area contributed by atoms with Crippen molar-refractivity contribution < 1.29 is 9.30 Å². The number of aromatic nitrogens is 1. The van der Waals surface area contributed by atoms with E-state index in [9.17, 15) is 0 Å². The molecule has 0 aliphatic carbocycles. The second kappa shape index (κ2) is 8.75. The van der Waals surface area contributed by atoms with Crippen molar-refractivity contribution in [3.63, 3.8) is 0 Å². The molecule has 4 aromatic carbocycles. The molecular formula is C29H26N3O+. The Bertz CT molecular complexity index is 1450. The van der Waals surface area contributed by atoms with Gasteiger partial charge in [0.2, 0.25) is 16.9 Å². The Kier molecular flexibility index (Phi) is 5.49. The molecule has 0 fully saturated rings. The molecule has 0 aliphatic heterocycles. The maximum atomic E-state index is 5.37. The van der Waals surface area contributed by atoms with Gasteiger partial charge in [-0.15, -0.1) is 0 Å². The predicted octanol–water partition coefficient (Wildman–Crippen LogP) is 6.09. The lowest BCUT2D eigenvalue weighted by Gasteiger charge is -2.11. The maximum absolute atomic E-state index is 5.37. The second-order valence-electron chi connectivity index (χ2n) is 8.18. The third-order valence-corrected chi connectivity index (χ3v) is 5.91. The van der Waals surface area contributed by atoms with Crippen LogP contribution in [0.3, 0.4) is 0 Å². The molecule has 0 radical (unpaired) electrons. The van der Waals surface area contributed by atoms with E-state index in [2.05, 4.69) is 82.3 Å². The largest absolute Gasteiger partial charge is 0.497 e. The third-order valence-electron chi connectivity index (χ3n) is 5.91. The van der Waals surface area contributed by atoms with Crippen molar-refractivity contribution in [2.75, 3.05) is 26.1 Å². The van der Waals surface area contributed by atoms with Gasteiger partial charge >= 0.3 is 0 Å². The molecule has 4 heteroatoms. The van der Waals surface area contributed by atoms with E-state index in [1.54, 1.807) is 7.11 Å². The van der Waals surface area contributed by atoms with Crippen LogP contribution in [0.25, 0.3) is 27.4 Å². The number of hydrogen-bond donors (Lipinski definition) is 0. The van der Waals surface area contributed by atoms with Crippen molar-refractivity contribution in [3.8, 4) is 11.4 Å². The van der Waals surface area contributed by atoms with Crippen molar-refractivity contribution in [2.45, 2.75) is 0 Å². The predicted molar refractivity (Wildman–Crippen MR) is 138 cm³/mol. The fourth-order valence-corrected chi connectivity index (χ4v) is 4.13. The number of methoxy groups -OCH3 is 1. The van der Waals surface area contributed by atoms with E-state index < -0.39 is 0 Å². The van der Waals surface area contributed by atoms with Crippen LogP contribution < -0.4 is 14.2 Å². The molecule has 5 aromatic rings. The molecule has 0 aliphatic rings. The average Bonchev–Trinajstić information content (AvgIpc) is 2.87. The van der Waals surface area contributed by atoms with Crippen molar-refractivity contribution in [2.24, 2.45) is 4.99 Å². The lowest BCUT2D eigenvalue weighted by Crippen LogP contribution is -2.36. The fraction of sp³-hybridized carbons (Fsp3) is 0.103.